The van der Waals surface area contributed by atoms with Crippen molar-refractivity contribution in [1.82, 2.24) is 9.38 Å². The Labute approximate surface area is 102 Å². The van der Waals surface area contributed by atoms with E-state index in [0.717, 1.165) is 28.1 Å². The van der Waals surface area contributed by atoms with Gasteiger partial charge >= 0.3 is 0 Å². The third kappa shape index (κ3) is 1.76. The number of aldehydes is 1. The van der Waals surface area contributed by atoms with Gasteiger partial charge in [0.1, 0.15) is 11.3 Å². The molecule has 0 aliphatic heterocycles. The predicted octanol–water partition coefficient (Wildman–Crippen LogP) is 3.18. The standard InChI is InChI=1S/C13H10N2OS/c1-9-8-17-13(14-9)11-5-12-4-10(7-16)2-3-15(12)6-11/h2-8H,1H3. The Balaban J connectivity index is 2.16. The Morgan fingerprint density at radius 1 is 1.41 bits per heavy atom. The number of pyridine rings is 1. The summed E-state index contributed by atoms with van der Waals surface area (Å²) in [5.41, 5.74) is 3.83. The molecule has 0 aromatic carbocycles. The molecule has 4 heteroatoms. The van der Waals surface area contributed by atoms with Gasteiger partial charge in [-0.1, -0.05) is 0 Å². The first-order valence-corrected chi connectivity index (χ1v) is 6.14. The zero-order chi connectivity index (χ0) is 11.8. The number of carbonyl (C=O) groups excluding carboxylic acids is 1. The first-order valence-electron chi connectivity index (χ1n) is 5.26. The minimum atomic E-state index is 0.692. The smallest absolute Gasteiger partial charge is 0.150 e. The zero-order valence-corrected chi connectivity index (χ0v) is 10.1. The van der Waals surface area contributed by atoms with Crippen LogP contribution in [0.2, 0.25) is 0 Å². The van der Waals surface area contributed by atoms with E-state index in [4.69, 9.17) is 0 Å². The molecule has 0 amide bonds. The second-order valence-electron chi connectivity index (χ2n) is 3.93. The lowest BCUT2D eigenvalue weighted by atomic mass is 10.2. The summed E-state index contributed by atoms with van der Waals surface area (Å²) >= 11 is 1.63. The second kappa shape index (κ2) is 3.82. The monoisotopic (exact) mass is 242 g/mol. The number of hydrogen-bond acceptors (Lipinski definition) is 3. The fourth-order valence-electron chi connectivity index (χ4n) is 1.80. The SMILES string of the molecule is Cc1csc(-c2cc3cc(C=O)ccn3c2)n1. The lowest BCUT2D eigenvalue weighted by Crippen LogP contribution is -1.84. The van der Waals surface area contributed by atoms with E-state index in [1.165, 1.54) is 0 Å². The number of fused-ring (bicyclic) bond motifs is 1. The van der Waals surface area contributed by atoms with Gasteiger partial charge in [0, 0.05) is 40.1 Å². The maximum Gasteiger partial charge on any atom is 0.150 e. The van der Waals surface area contributed by atoms with Crippen molar-refractivity contribution in [2.24, 2.45) is 0 Å². The van der Waals surface area contributed by atoms with Crippen LogP contribution in [0.25, 0.3) is 16.1 Å². The number of aromatic nitrogens is 2. The number of aryl methyl sites for hydroxylation is 1. The minimum Gasteiger partial charge on any atom is -0.323 e. The van der Waals surface area contributed by atoms with E-state index in [2.05, 4.69) is 4.98 Å². The van der Waals surface area contributed by atoms with Crippen LogP contribution in [-0.4, -0.2) is 15.7 Å². The molecule has 0 saturated heterocycles. The molecule has 0 radical (unpaired) electrons. The van der Waals surface area contributed by atoms with Crippen LogP contribution >= 0.6 is 11.3 Å². The maximum atomic E-state index is 10.7. The number of nitrogens with zero attached hydrogens (tertiary/aromatic N) is 2. The van der Waals surface area contributed by atoms with Crippen molar-refractivity contribution in [3.05, 3.63) is 47.2 Å². The van der Waals surface area contributed by atoms with Crippen molar-refractivity contribution in [3.63, 3.8) is 0 Å². The molecule has 0 spiro atoms. The lowest BCUT2D eigenvalue weighted by molar-refractivity contribution is 0.112. The average Bonchev–Trinajstić information content (AvgIpc) is 2.93. The molecule has 3 nitrogen and oxygen atoms in total. The highest BCUT2D eigenvalue weighted by atomic mass is 32.1. The summed E-state index contributed by atoms with van der Waals surface area (Å²) in [7, 11) is 0. The highest BCUT2D eigenvalue weighted by molar-refractivity contribution is 7.13. The van der Waals surface area contributed by atoms with Gasteiger partial charge in [-0.15, -0.1) is 11.3 Å². The molecule has 0 bridgehead atoms. The highest BCUT2D eigenvalue weighted by Gasteiger charge is 2.06. The van der Waals surface area contributed by atoms with Crippen LogP contribution in [0.3, 0.4) is 0 Å². The number of thiazole rings is 1. The Morgan fingerprint density at radius 3 is 3.00 bits per heavy atom. The fourth-order valence-corrected chi connectivity index (χ4v) is 2.58. The molecular formula is C13H10N2OS. The molecule has 0 atom stereocenters. The minimum absolute atomic E-state index is 0.692. The highest BCUT2D eigenvalue weighted by Crippen LogP contribution is 2.26. The normalized spacial score (nSPS) is 10.9. The molecule has 0 N–H and O–H groups in total. The molecule has 0 fully saturated rings. The molecule has 0 unspecified atom stereocenters. The quantitative estimate of drug-likeness (QED) is 0.647. The van der Waals surface area contributed by atoms with Gasteiger partial charge in [-0.2, -0.15) is 0 Å². The molecule has 3 aromatic rings. The van der Waals surface area contributed by atoms with Crippen LogP contribution < -0.4 is 0 Å². The van der Waals surface area contributed by atoms with Crippen molar-refractivity contribution < 1.29 is 4.79 Å². The van der Waals surface area contributed by atoms with Gasteiger partial charge < -0.3 is 4.40 Å². The largest absolute Gasteiger partial charge is 0.323 e. The van der Waals surface area contributed by atoms with E-state index in [0.29, 0.717) is 5.56 Å². The molecule has 3 aromatic heterocycles. The summed E-state index contributed by atoms with van der Waals surface area (Å²) in [4.78, 5) is 15.2. The third-order valence-electron chi connectivity index (χ3n) is 2.62. The van der Waals surface area contributed by atoms with Crippen molar-refractivity contribution >= 4 is 23.1 Å². The molecule has 17 heavy (non-hydrogen) atoms. The first kappa shape index (κ1) is 10.2. The number of hydrogen-bond donors (Lipinski definition) is 0. The topological polar surface area (TPSA) is 34.4 Å². The van der Waals surface area contributed by atoms with Gasteiger partial charge in [0.2, 0.25) is 0 Å². The molecule has 84 valence electrons. The summed E-state index contributed by atoms with van der Waals surface area (Å²) in [6.45, 7) is 1.99. The fraction of sp³-hybridized carbons (Fsp3) is 0.0769. The van der Waals surface area contributed by atoms with Crippen LogP contribution in [0.1, 0.15) is 16.1 Å². The lowest BCUT2D eigenvalue weighted by Gasteiger charge is -1.93. The summed E-state index contributed by atoms with van der Waals surface area (Å²) in [5, 5.41) is 3.05. The predicted molar refractivity (Wildman–Crippen MR) is 68.6 cm³/mol. The van der Waals surface area contributed by atoms with Crippen molar-refractivity contribution in [1.29, 1.82) is 0 Å². The van der Waals surface area contributed by atoms with E-state index in [-0.39, 0.29) is 0 Å². The van der Waals surface area contributed by atoms with Gasteiger partial charge in [-0.3, -0.25) is 4.79 Å². The number of carbonyl (C=O) groups is 1. The van der Waals surface area contributed by atoms with Crippen molar-refractivity contribution in [2.75, 3.05) is 0 Å². The third-order valence-corrected chi connectivity index (χ3v) is 3.63. The van der Waals surface area contributed by atoms with Crippen LogP contribution in [0, 0.1) is 6.92 Å². The maximum absolute atomic E-state index is 10.7. The van der Waals surface area contributed by atoms with E-state index < -0.39 is 0 Å². The molecule has 3 heterocycles. The second-order valence-corrected chi connectivity index (χ2v) is 4.79. The van der Waals surface area contributed by atoms with Gasteiger partial charge in [-0.05, 0) is 25.1 Å². The van der Waals surface area contributed by atoms with Crippen LogP contribution in [0.5, 0.6) is 0 Å². The number of rotatable bonds is 2. The van der Waals surface area contributed by atoms with Gasteiger partial charge in [0.05, 0.1) is 0 Å². The van der Waals surface area contributed by atoms with E-state index in [1.54, 1.807) is 17.4 Å². The van der Waals surface area contributed by atoms with Crippen LogP contribution in [0.15, 0.2) is 36.0 Å². The average molecular weight is 242 g/mol. The Morgan fingerprint density at radius 2 is 2.29 bits per heavy atom. The Bertz CT molecular complexity index is 696. The molecular weight excluding hydrogens is 232 g/mol. The van der Waals surface area contributed by atoms with E-state index >= 15 is 0 Å². The Kier molecular flexibility index (Phi) is 2.30. The van der Waals surface area contributed by atoms with Crippen molar-refractivity contribution in [2.45, 2.75) is 6.92 Å². The summed E-state index contributed by atoms with van der Waals surface area (Å²) in [6.07, 6.45) is 4.78. The molecule has 3 rings (SSSR count). The van der Waals surface area contributed by atoms with Gasteiger partial charge in [0.25, 0.3) is 0 Å². The summed E-state index contributed by atoms with van der Waals surface area (Å²) < 4.78 is 2.00. The van der Waals surface area contributed by atoms with Gasteiger partial charge in [-0.25, -0.2) is 4.98 Å². The van der Waals surface area contributed by atoms with Crippen LogP contribution in [0.4, 0.5) is 0 Å². The first-order chi connectivity index (χ1) is 8.26. The Hall–Kier alpha value is -1.94. The summed E-state index contributed by atoms with van der Waals surface area (Å²) in [6, 6.07) is 5.72. The van der Waals surface area contributed by atoms with E-state index in [1.807, 2.05) is 41.2 Å². The molecule has 0 saturated carbocycles. The summed E-state index contributed by atoms with van der Waals surface area (Å²) in [5.74, 6) is 0. The van der Waals surface area contributed by atoms with Crippen molar-refractivity contribution in [3.8, 4) is 10.6 Å². The van der Waals surface area contributed by atoms with Gasteiger partial charge in [0.15, 0.2) is 0 Å². The molecule has 0 aliphatic carbocycles. The van der Waals surface area contributed by atoms with E-state index in [9.17, 15) is 4.79 Å². The molecule has 0 aliphatic rings. The van der Waals surface area contributed by atoms with Crippen LogP contribution in [-0.2, 0) is 0 Å². The zero-order valence-electron chi connectivity index (χ0n) is 9.25.